The summed E-state index contributed by atoms with van der Waals surface area (Å²) in [7, 11) is 0. The molecule has 12 heavy (non-hydrogen) atoms. The molecule has 1 saturated heterocycles. The molecule has 1 rings (SSSR count). The van der Waals surface area contributed by atoms with Crippen molar-refractivity contribution in [1.82, 2.24) is 0 Å². The van der Waals surface area contributed by atoms with Crippen LogP contribution in [0.15, 0.2) is 0 Å². The second-order valence-electron chi connectivity index (χ2n) is 3.58. The molecule has 70 valence electrons. The Kier molecular flexibility index (Phi) is 2.85. The molecule has 0 aliphatic carbocycles. The fourth-order valence-electron chi connectivity index (χ4n) is 1.48. The number of ether oxygens (including phenoxy) is 2. The fourth-order valence-corrected chi connectivity index (χ4v) is 1.48. The molecule has 0 spiro atoms. The average molecular weight is 172 g/mol. The Morgan fingerprint density at radius 3 is 2.67 bits per heavy atom. The van der Waals surface area contributed by atoms with Gasteiger partial charge in [0.2, 0.25) is 0 Å². The van der Waals surface area contributed by atoms with Gasteiger partial charge in [-0.2, -0.15) is 0 Å². The minimum Gasteiger partial charge on any atom is -0.347 e. The zero-order chi connectivity index (χ0) is 9.19. The van der Waals surface area contributed by atoms with Crippen LogP contribution in [0.25, 0.3) is 0 Å². The molecule has 2 atom stereocenters. The topological polar surface area (TPSA) is 35.5 Å². The minimum absolute atomic E-state index is 0.156. The van der Waals surface area contributed by atoms with E-state index in [1.165, 1.54) is 0 Å². The Morgan fingerprint density at radius 2 is 2.17 bits per heavy atom. The van der Waals surface area contributed by atoms with Gasteiger partial charge in [0.15, 0.2) is 5.79 Å². The second kappa shape index (κ2) is 3.54. The largest absolute Gasteiger partial charge is 0.347 e. The van der Waals surface area contributed by atoms with Crippen molar-refractivity contribution in [3.05, 3.63) is 0 Å². The maximum absolute atomic E-state index is 10.5. The van der Waals surface area contributed by atoms with Gasteiger partial charge in [-0.1, -0.05) is 6.92 Å². The summed E-state index contributed by atoms with van der Waals surface area (Å²) in [5.74, 6) is -0.607. The summed E-state index contributed by atoms with van der Waals surface area (Å²) < 4.78 is 10.9. The molecule has 0 aromatic carbocycles. The Bertz CT molecular complexity index is 165. The van der Waals surface area contributed by atoms with Crippen LogP contribution in [-0.2, 0) is 14.3 Å². The smallest absolute Gasteiger partial charge is 0.164 e. The van der Waals surface area contributed by atoms with Crippen molar-refractivity contribution in [2.45, 2.75) is 51.6 Å². The highest BCUT2D eigenvalue weighted by Crippen LogP contribution is 2.26. The van der Waals surface area contributed by atoms with Crippen LogP contribution in [-0.4, -0.2) is 24.3 Å². The van der Waals surface area contributed by atoms with Crippen molar-refractivity contribution in [1.29, 1.82) is 0 Å². The first-order chi connectivity index (χ1) is 5.57. The first-order valence-electron chi connectivity index (χ1n) is 4.38. The Balaban J connectivity index is 2.58. The van der Waals surface area contributed by atoms with E-state index in [9.17, 15) is 4.79 Å². The molecule has 1 fully saturated rings. The number of carbonyl (C=O) groups is 1. The number of carbonyl (C=O) groups excluding carboxylic acids is 1. The first kappa shape index (κ1) is 9.68. The second-order valence-corrected chi connectivity index (χ2v) is 3.58. The van der Waals surface area contributed by atoms with Gasteiger partial charge in [0.05, 0.1) is 6.10 Å². The number of aldehydes is 1. The third-order valence-electron chi connectivity index (χ3n) is 1.99. The standard InChI is InChI=1S/C9H16O3/c1-4-7-5-8(6-10)12-9(2,3)11-7/h6-8H,4-5H2,1-3H3/t7-,8-/m0/s1. The first-order valence-corrected chi connectivity index (χ1v) is 4.38. The van der Waals surface area contributed by atoms with E-state index in [2.05, 4.69) is 0 Å². The Hall–Kier alpha value is -0.410. The summed E-state index contributed by atoms with van der Waals surface area (Å²) in [6.45, 7) is 5.73. The molecule has 3 nitrogen and oxygen atoms in total. The molecule has 0 bridgehead atoms. The fraction of sp³-hybridized carbons (Fsp3) is 0.889. The molecule has 3 heteroatoms. The van der Waals surface area contributed by atoms with Crippen LogP contribution in [0.1, 0.15) is 33.6 Å². The lowest BCUT2D eigenvalue weighted by atomic mass is 10.1. The van der Waals surface area contributed by atoms with Gasteiger partial charge in [-0.05, 0) is 20.3 Å². The van der Waals surface area contributed by atoms with Crippen LogP contribution in [0.4, 0.5) is 0 Å². The number of rotatable bonds is 2. The van der Waals surface area contributed by atoms with Crippen molar-refractivity contribution in [2.75, 3.05) is 0 Å². The lowest BCUT2D eigenvalue weighted by Gasteiger charge is -2.38. The summed E-state index contributed by atoms with van der Waals surface area (Å²) in [4.78, 5) is 10.5. The normalized spacial score (nSPS) is 34.6. The SMILES string of the molecule is CC[C@H]1C[C@@H](C=O)OC(C)(C)O1. The maximum Gasteiger partial charge on any atom is 0.164 e. The van der Waals surface area contributed by atoms with Crippen molar-refractivity contribution in [2.24, 2.45) is 0 Å². The maximum atomic E-state index is 10.5. The molecule has 0 radical (unpaired) electrons. The molecule has 0 aromatic heterocycles. The van der Waals surface area contributed by atoms with Crippen LogP contribution in [0.2, 0.25) is 0 Å². The Labute approximate surface area is 73.0 Å². The van der Waals surface area contributed by atoms with Gasteiger partial charge in [0.25, 0.3) is 0 Å². The molecule has 0 N–H and O–H groups in total. The minimum atomic E-state index is -0.607. The van der Waals surface area contributed by atoms with Crippen LogP contribution in [0, 0.1) is 0 Å². The van der Waals surface area contributed by atoms with E-state index in [-0.39, 0.29) is 12.2 Å². The van der Waals surface area contributed by atoms with Crippen molar-refractivity contribution >= 4 is 6.29 Å². The molecule has 1 heterocycles. The quantitative estimate of drug-likeness (QED) is 0.592. The van der Waals surface area contributed by atoms with Gasteiger partial charge in [-0.25, -0.2) is 0 Å². The molecule has 1 aliphatic rings. The molecule has 0 unspecified atom stereocenters. The zero-order valence-corrected chi connectivity index (χ0v) is 7.87. The van der Waals surface area contributed by atoms with E-state index in [1.54, 1.807) is 0 Å². The predicted molar refractivity (Wildman–Crippen MR) is 44.8 cm³/mol. The summed E-state index contributed by atoms with van der Waals surface area (Å²) in [6.07, 6.45) is 2.33. The zero-order valence-electron chi connectivity index (χ0n) is 7.87. The lowest BCUT2D eigenvalue weighted by Crippen LogP contribution is -2.44. The van der Waals surface area contributed by atoms with Crippen molar-refractivity contribution in [3.63, 3.8) is 0 Å². The van der Waals surface area contributed by atoms with E-state index in [0.717, 1.165) is 12.7 Å². The van der Waals surface area contributed by atoms with Crippen LogP contribution in [0.3, 0.4) is 0 Å². The molecule has 0 aromatic rings. The van der Waals surface area contributed by atoms with E-state index in [0.29, 0.717) is 6.42 Å². The summed E-state index contributed by atoms with van der Waals surface area (Å²) in [6, 6.07) is 0. The van der Waals surface area contributed by atoms with E-state index in [4.69, 9.17) is 9.47 Å². The monoisotopic (exact) mass is 172 g/mol. The third-order valence-corrected chi connectivity index (χ3v) is 1.99. The highest BCUT2D eigenvalue weighted by Gasteiger charge is 2.34. The van der Waals surface area contributed by atoms with E-state index < -0.39 is 5.79 Å². The number of hydrogen-bond donors (Lipinski definition) is 0. The molecular weight excluding hydrogens is 156 g/mol. The summed E-state index contributed by atoms with van der Waals surface area (Å²) in [5, 5.41) is 0. The van der Waals surface area contributed by atoms with Crippen LogP contribution >= 0.6 is 0 Å². The van der Waals surface area contributed by atoms with E-state index in [1.807, 2.05) is 20.8 Å². The average Bonchev–Trinajstić information content (AvgIpc) is 2.01. The van der Waals surface area contributed by atoms with Gasteiger partial charge in [0, 0.05) is 6.42 Å². The number of hydrogen-bond acceptors (Lipinski definition) is 3. The van der Waals surface area contributed by atoms with Gasteiger partial charge in [-0.15, -0.1) is 0 Å². The highest BCUT2D eigenvalue weighted by molar-refractivity contribution is 5.56. The molecular formula is C9H16O3. The molecule has 0 amide bonds. The summed E-state index contributed by atoms with van der Waals surface area (Å²) in [5.41, 5.74) is 0. The van der Waals surface area contributed by atoms with Gasteiger partial charge in [0.1, 0.15) is 12.4 Å². The van der Waals surface area contributed by atoms with Gasteiger partial charge >= 0.3 is 0 Å². The highest BCUT2D eigenvalue weighted by atomic mass is 16.7. The van der Waals surface area contributed by atoms with Crippen molar-refractivity contribution in [3.8, 4) is 0 Å². The predicted octanol–water partition coefficient (Wildman–Crippen LogP) is 1.51. The lowest BCUT2D eigenvalue weighted by molar-refractivity contribution is -0.291. The molecule has 1 aliphatic heterocycles. The van der Waals surface area contributed by atoms with Crippen LogP contribution < -0.4 is 0 Å². The Morgan fingerprint density at radius 1 is 1.50 bits per heavy atom. The molecule has 0 saturated carbocycles. The third kappa shape index (κ3) is 2.29. The van der Waals surface area contributed by atoms with Gasteiger partial charge in [-0.3, -0.25) is 0 Å². The van der Waals surface area contributed by atoms with Gasteiger partial charge < -0.3 is 14.3 Å². The van der Waals surface area contributed by atoms with E-state index >= 15 is 0 Å². The van der Waals surface area contributed by atoms with Crippen LogP contribution in [0.5, 0.6) is 0 Å². The van der Waals surface area contributed by atoms with Crippen molar-refractivity contribution < 1.29 is 14.3 Å². The summed E-state index contributed by atoms with van der Waals surface area (Å²) >= 11 is 0.